The Morgan fingerprint density at radius 2 is 1.91 bits per heavy atom. The maximum Gasteiger partial charge on any atom is 0.324 e. The zero-order valence-corrected chi connectivity index (χ0v) is 13.3. The zero-order valence-electron chi connectivity index (χ0n) is 13.3. The van der Waals surface area contributed by atoms with Crippen molar-refractivity contribution >= 4 is 11.9 Å². The van der Waals surface area contributed by atoms with Gasteiger partial charge in [0, 0.05) is 19.0 Å². The molecule has 7 nitrogen and oxygen atoms in total. The lowest BCUT2D eigenvalue weighted by Crippen LogP contribution is -2.38. The van der Waals surface area contributed by atoms with Crippen LogP contribution in [0.4, 0.5) is 6.01 Å². The molecule has 7 heteroatoms. The molecule has 2 aliphatic heterocycles. The summed E-state index contributed by atoms with van der Waals surface area (Å²) >= 11 is 0. The predicted octanol–water partition coefficient (Wildman–Crippen LogP) is 1.59. The van der Waals surface area contributed by atoms with Gasteiger partial charge in [0.1, 0.15) is 6.10 Å². The normalized spacial score (nSPS) is 29.7. The van der Waals surface area contributed by atoms with E-state index in [0.29, 0.717) is 17.9 Å². The van der Waals surface area contributed by atoms with E-state index >= 15 is 0 Å². The summed E-state index contributed by atoms with van der Waals surface area (Å²) in [6.07, 6.45) is 7.16. The van der Waals surface area contributed by atoms with Gasteiger partial charge >= 0.3 is 6.01 Å². The number of rotatable bonds is 4. The molecule has 0 radical (unpaired) electrons. The molecule has 1 amide bonds. The average Bonchev–Trinajstić information content (AvgIpc) is 3.15. The summed E-state index contributed by atoms with van der Waals surface area (Å²) in [5.74, 6) is 1.53. The van der Waals surface area contributed by atoms with Crippen LogP contribution >= 0.6 is 0 Å². The monoisotopic (exact) mass is 320 g/mol. The molecule has 0 spiro atoms. The smallest absolute Gasteiger partial charge is 0.324 e. The number of nitrogens with two attached hydrogens (primary N) is 1. The fourth-order valence-corrected chi connectivity index (χ4v) is 3.87. The fraction of sp³-hybridized carbons (Fsp3) is 0.812. The van der Waals surface area contributed by atoms with Crippen molar-refractivity contribution < 1.29 is 14.1 Å². The Labute approximate surface area is 135 Å². The number of nitrogens with zero attached hydrogens (tertiary/aromatic N) is 3. The van der Waals surface area contributed by atoms with E-state index in [2.05, 4.69) is 15.0 Å². The minimum Gasteiger partial charge on any atom is -0.367 e. The largest absolute Gasteiger partial charge is 0.367 e. The van der Waals surface area contributed by atoms with E-state index in [1.165, 1.54) is 19.3 Å². The maximum absolute atomic E-state index is 11.2. The van der Waals surface area contributed by atoms with Gasteiger partial charge in [-0.05, 0) is 44.4 Å². The molecule has 0 bridgehead atoms. The van der Waals surface area contributed by atoms with E-state index < -0.39 is 0 Å². The number of carbonyl (C=O) groups is 1. The molecule has 3 aliphatic rings. The topological polar surface area (TPSA) is 94.5 Å². The molecule has 1 aliphatic carbocycles. The summed E-state index contributed by atoms with van der Waals surface area (Å²) in [4.78, 5) is 18.0. The van der Waals surface area contributed by atoms with Crippen LogP contribution in [0.1, 0.15) is 56.7 Å². The van der Waals surface area contributed by atoms with Crippen molar-refractivity contribution in [3.8, 4) is 0 Å². The van der Waals surface area contributed by atoms with Gasteiger partial charge in [0.2, 0.25) is 5.91 Å². The SMILES string of the molecule is NC(=O)[C@H]1CC[C@@H](C2CCN(c3nc(C4CCC4)no3)CC2)O1. The summed E-state index contributed by atoms with van der Waals surface area (Å²) in [7, 11) is 0. The highest BCUT2D eigenvalue weighted by Gasteiger charge is 2.36. The van der Waals surface area contributed by atoms with E-state index in [-0.39, 0.29) is 18.1 Å². The van der Waals surface area contributed by atoms with Crippen molar-refractivity contribution in [1.29, 1.82) is 0 Å². The first kappa shape index (κ1) is 14.9. The number of carbonyl (C=O) groups excluding carboxylic acids is 1. The highest BCUT2D eigenvalue weighted by Crippen LogP contribution is 2.36. The van der Waals surface area contributed by atoms with Crippen LogP contribution in [0.25, 0.3) is 0 Å². The summed E-state index contributed by atoms with van der Waals surface area (Å²) < 4.78 is 11.3. The lowest BCUT2D eigenvalue weighted by molar-refractivity contribution is -0.130. The summed E-state index contributed by atoms with van der Waals surface area (Å²) in [5, 5.41) is 4.14. The first-order chi connectivity index (χ1) is 11.2. The van der Waals surface area contributed by atoms with Gasteiger partial charge in [-0.3, -0.25) is 4.79 Å². The minimum atomic E-state index is -0.390. The molecule has 126 valence electrons. The van der Waals surface area contributed by atoms with Crippen LogP contribution in [0, 0.1) is 5.92 Å². The van der Waals surface area contributed by atoms with Gasteiger partial charge < -0.3 is 19.9 Å². The number of piperidine rings is 1. The molecule has 3 heterocycles. The number of primary amides is 1. The molecule has 2 saturated heterocycles. The van der Waals surface area contributed by atoms with Crippen LogP contribution in [0.5, 0.6) is 0 Å². The van der Waals surface area contributed by atoms with Gasteiger partial charge in [0.15, 0.2) is 5.82 Å². The second kappa shape index (κ2) is 6.11. The quantitative estimate of drug-likeness (QED) is 0.905. The Morgan fingerprint density at radius 1 is 1.13 bits per heavy atom. The third-order valence-corrected chi connectivity index (χ3v) is 5.61. The number of hydrogen-bond acceptors (Lipinski definition) is 6. The predicted molar refractivity (Wildman–Crippen MR) is 82.9 cm³/mol. The van der Waals surface area contributed by atoms with Gasteiger partial charge in [-0.2, -0.15) is 4.98 Å². The number of aromatic nitrogens is 2. The van der Waals surface area contributed by atoms with Crippen LogP contribution < -0.4 is 10.6 Å². The van der Waals surface area contributed by atoms with Crippen molar-refractivity contribution in [2.24, 2.45) is 11.7 Å². The number of ether oxygens (including phenoxy) is 1. The average molecular weight is 320 g/mol. The first-order valence-corrected chi connectivity index (χ1v) is 8.74. The molecule has 3 fully saturated rings. The van der Waals surface area contributed by atoms with Crippen LogP contribution in [-0.4, -0.2) is 41.3 Å². The number of amides is 1. The fourth-order valence-electron chi connectivity index (χ4n) is 3.87. The molecular formula is C16H24N4O3. The number of anilines is 1. The molecule has 2 atom stereocenters. The first-order valence-electron chi connectivity index (χ1n) is 8.74. The summed E-state index contributed by atoms with van der Waals surface area (Å²) in [5.41, 5.74) is 5.33. The standard InChI is InChI=1S/C16H24N4O3/c17-14(21)13-5-4-12(22-13)10-6-8-20(9-7-10)16-18-15(19-23-16)11-2-1-3-11/h10-13H,1-9H2,(H2,17,21)/t12-,13+/m0/s1. The van der Waals surface area contributed by atoms with E-state index in [1.54, 1.807) is 0 Å². The molecule has 1 saturated carbocycles. The van der Waals surface area contributed by atoms with Crippen molar-refractivity contribution in [3.05, 3.63) is 5.82 Å². The third-order valence-electron chi connectivity index (χ3n) is 5.61. The van der Waals surface area contributed by atoms with Crippen LogP contribution in [0.2, 0.25) is 0 Å². The van der Waals surface area contributed by atoms with Gasteiger partial charge in [-0.1, -0.05) is 11.6 Å². The molecular weight excluding hydrogens is 296 g/mol. The zero-order chi connectivity index (χ0) is 15.8. The van der Waals surface area contributed by atoms with Gasteiger partial charge in [0.25, 0.3) is 0 Å². The molecule has 2 N–H and O–H groups in total. The van der Waals surface area contributed by atoms with Gasteiger partial charge in [-0.15, -0.1) is 0 Å². The third kappa shape index (κ3) is 2.94. The van der Waals surface area contributed by atoms with Crippen LogP contribution in [0.15, 0.2) is 4.52 Å². The van der Waals surface area contributed by atoms with Gasteiger partial charge in [0.05, 0.1) is 6.10 Å². The Kier molecular flexibility index (Phi) is 3.97. The maximum atomic E-state index is 11.2. The molecule has 4 rings (SSSR count). The Hall–Kier alpha value is -1.63. The van der Waals surface area contributed by atoms with Crippen LogP contribution in [0.3, 0.4) is 0 Å². The van der Waals surface area contributed by atoms with E-state index in [4.69, 9.17) is 15.0 Å². The van der Waals surface area contributed by atoms with Crippen LogP contribution in [-0.2, 0) is 9.53 Å². The summed E-state index contributed by atoms with van der Waals surface area (Å²) in [6.45, 7) is 1.80. The lowest BCUT2D eigenvalue weighted by Gasteiger charge is -2.33. The molecule has 1 aromatic rings. The Morgan fingerprint density at radius 3 is 2.52 bits per heavy atom. The van der Waals surface area contributed by atoms with Gasteiger partial charge in [-0.25, -0.2) is 0 Å². The summed E-state index contributed by atoms with van der Waals surface area (Å²) in [6, 6.07) is 0.660. The number of hydrogen-bond donors (Lipinski definition) is 1. The highest BCUT2D eigenvalue weighted by atomic mass is 16.5. The molecule has 23 heavy (non-hydrogen) atoms. The van der Waals surface area contributed by atoms with E-state index in [0.717, 1.165) is 44.6 Å². The Bertz CT molecular complexity index is 563. The molecule has 0 unspecified atom stereocenters. The second-order valence-electron chi connectivity index (χ2n) is 7.03. The van der Waals surface area contributed by atoms with E-state index in [1.807, 2.05) is 0 Å². The van der Waals surface area contributed by atoms with E-state index in [9.17, 15) is 4.79 Å². The lowest BCUT2D eigenvalue weighted by atomic mass is 9.85. The Balaban J connectivity index is 1.30. The molecule has 1 aromatic heterocycles. The van der Waals surface area contributed by atoms with Crippen molar-refractivity contribution in [3.63, 3.8) is 0 Å². The van der Waals surface area contributed by atoms with Crippen molar-refractivity contribution in [2.75, 3.05) is 18.0 Å². The van der Waals surface area contributed by atoms with Crippen molar-refractivity contribution in [2.45, 2.75) is 63.1 Å². The molecule has 0 aromatic carbocycles. The highest BCUT2D eigenvalue weighted by molar-refractivity contribution is 5.79. The van der Waals surface area contributed by atoms with Crippen molar-refractivity contribution in [1.82, 2.24) is 10.1 Å². The second-order valence-corrected chi connectivity index (χ2v) is 7.03. The minimum absolute atomic E-state index is 0.169.